The number of benzene rings is 1. The number of rotatable bonds is 0. The molecule has 2 rings (SSSR count). The summed E-state index contributed by atoms with van der Waals surface area (Å²) in [6.45, 7) is 0. The second-order valence-corrected chi connectivity index (χ2v) is 3.75. The van der Waals surface area contributed by atoms with Gasteiger partial charge >= 0.3 is 0 Å². The fourth-order valence-corrected chi connectivity index (χ4v) is 1.65. The number of ketones is 1. The van der Waals surface area contributed by atoms with Crippen LogP contribution in [0.1, 0.15) is 16.8 Å². The van der Waals surface area contributed by atoms with E-state index in [0.717, 1.165) is 4.47 Å². The van der Waals surface area contributed by atoms with Gasteiger partial charge in [-0.2, -0.15) is 0 Å². The number of nitrogens with one attached hydrogen (secondary N) is 1. The Labute approximate surface area is 83.3 Å². The van der Waals surface area contributed by atoms with Crippen molar-refractivity contribution < 1.29 is 9.59 Å². The molecule has 66 valence electrons. The number of carbonyl (C=O) groups excluding carboxylic acids is 2. The Bertz CT molecular complexity index is 401. The van der Waals surface area contributed by atoms with Crippen LogP contribution in [0.5, 0.6) is 0 Å². The maximum Gasteiger partial charge on any atom is 0.232 e. The van der Waals surface area contributed by atoms with E-state index in [1.165, 1.54) is 0 Å². The number of hydrogen-bond acceptors (Lipinski definition) is 2. The molecule has 0 bridgehead atoms. The molecule has 3 nitrogen and oxygen atoms in total. The molecule has 1 heterocycles. The van der Waals surface area contributed by atoms with E-state index in [0.29, 0.717) is 11.3 Å². The van der Waals surface area contributed by atoms with Crippen LogP contribution in [0.3, 0.4) is 0 Å². The van der Waals surface area contributed by atoms with Gasteiger partial charge in [0.05, 0.1) is 12.1 Å². The van der Waals surface area contributed by atoms with Crippen LogP contribution in [0, 0.1) is 0 Å². The first-order valence-electron chi connectivity index (χ1n) is 3.79. The molecule has 0 saturated carbocycles. The molecule has 0 spiro atoms. The summed E-state index contributed by atoms with van der Waals surface area (Å²) in [5.41, 5.74) is 1.18. The summed E-state index contributed by atoms with van der Waals surface area (Å²) in [5.74, 6) is -0.361. The van der Waals surface area contributed by atoms with Crippen LogP contribution in [0.2, 0.25) is 0 Å². The van der Waals surface area contributed by atoms with Crippen molar-refractivity contribution in [1.29, 1.82) is 0 Å². The maximum absolute atomic E-state index is 11.4. The average molecular weight is 240 g/mol. The minimum atomic E-state index is -0.236. The highest BCUT2D eigenvalue weighted by molar-refractivity contribution is 9.10. The zero-order valence-corrected chi connectivity index (χ0v) is 8.22. The zero-order valence-electron chi connectivity index (χ0n) is 6.63. The molecular formula is C9H6BrNO2. The van der Waals surface area contributed by atoms with Crippen molar-refractivity contribution in [3.63, 3.8) is 0 Å². The van der Waals surface area contributed by atoms with E-state index in [2.05, 4.69) is 21.2 Å². The van der Waals surface area contributed by atoms with E-state index >= 15 is 0 Å². The van der Waals surface area contributed by atoms with Crippen molar-refractivity contribution >= 4 is 33.3 Å². The molecule has 0 aromatic heterocycles. The van der Waals surface area contributed by atoms with E-state index in [1.54, 1.807) is 18.2 Å². The Morgan fingerprint density at radius 3 is 2.85 bits per heavy atom. The molecule has 1 aromatic rings. The van der Waals surface area contributed by atoms with Gasteiger partial charge in [-0.25, -0.2) is 0 Å². The molecule has 0 fully saturated rings. The first-order chi connectivity index (χ1) is 6.16. The lowest BCUT2D eigenvalue weighted by atomic mass is 10.0. The summed E-state index contributed by atoms with van der Waals surface area (Å²) < 4.78 is 0.843. The fraction of sp³-hybridized carbons (Fsp3) is 0.111. The molecular weight excluding hydrogens is 234 g/mol. The lowest BCUT2D eigenvalue weighted by Gasteiger charge is -2.15. The van der Waals surface area contributed by atoms with Gasteiger partial charge in [0.1, 0.15) is 0 Å². The zero-order chi connectivity index (χ0) is 9.42. The summed E-state index contributed by atoms with van der Waals surface area (Å²) in [6, 6.07) is 5.23. The molecule has 1 amide bonds. The number of anilines is 1. The lowest BCUT2D eigenvalue weighted by Crippen LogP contribution is -2.23. The minimum Gasteiger partial charge on any atom is -0.325 e. The Balaban J connectivity index is 2.55. The third-order valence-electron chi connectivity index (χ3n) is 1.88. The second-order valence-electron chi connectivity index (χ2n) is 2.84. The highest BCUT2D eigenvalue weighted by Crippen LogP contribution is 2.25. The van der Waals surface area contributed by atoms with Gasteiger partial charge in [-0.15, -0.1) is 0 Å². The van der Waals surface area contributed by atoms with Gasteiger partial charge in [0.25, 0.3) is 0 Å². The molecule has 1 aliphatic heterocycles. The number of hydrogen-bond donors (Lipinski definition) is 1. The molecule has 0 radical (unpaired) electrons. The Kier molecular flexibility index (Phi) is 1.92. The molecule has 1 aliphatic rings. The highest BCUT2D eigenvalue weighted by atomic mass is 79.9. The Morgan fingerprint density at radius 1 is 1.31 bits per heavy atom. The standard InChI is InChI=1S/C9H6BrNO2/c10-5-1-2-7-6(3-5)8(12)4-9(13)11-7/h1-3H,4H2,(H,11,13). The predicted molar refractivity (Wildman–Crippen MR) is 51.7 cm³/mol. The van der Waals surface area contributed by atoms with Gasteiger partial charge in [-0.1, -0.05) is 15.9 Å². The Morgan fingerprint density at radius 2 is 2.08 bits per heavy atom. The molecule has 0 saturated heterocycles. The van der Waals surface area contributed by atoms with Gasteiger partial charge < -0.3 is 5.32 Å². The van der Waals surface area contributed by atoms with Gasteiger partial charge in [-0.05, 0) is 18.2 Å². The van der Waals surface area contributed by atoms with E-state index in [-0.39, 0.29) is 18.1 Å². The van der Waals surface area contributed by atoms with E-state index in [9.17, 15) is 9.59 Å². The molecule has 0 aliphatic carbocycles. The van der Waals surface area contributed by atoms with Crippen molar-refractivity contribution in [3.8, 4) is 0 Å². The van der Waals surface area contributed by atoms with Crippen molar-refractivity contribution in [2.45, 2.75) is 6.42 Å². The van der Waals surface area contributed by atoms with Gasteiger partial charge in [0.2, 0.25) is 5.91 Å². The van der Waals surface area contributed by atoms with E-state index in [4.69, 9.17) is 0 Å². The average Bonchev–Trinajstić information content (AvgIpc) is 2.06. The Hall–Kier alpha value is -1.16. The van der Waals surface area contributed by atoms with Crippen molar-refractivity contribution in [2.75, 3.05) is 5.32 Å². The van der Waals surface area contributed by atoms with Gasteiger partial charge in [0.15, 0.2) is 5.78 Å². The fourth-order valence-electron chi connectivity index (χ4n) is 1.29. The van der Waals surface area contributed by atoms with Crippen LogP contribution in [-0.2, 0) is 4.79 Å². The number of fused-ring (bicyclic) bond motifs is 1. The third-order valence-corrected chi connectivity index (χ3v) is 2.37. The smallest absolute Gasteiger partial charge is 0.232 e. The van der Waals surface area contributed by atoms with Crippen LogP contribution in [0.15, 0.2) is 22.7 Å². The molecule has 0 atom stereocenters. The lowest BCUT2D eigenvalue weighted by molar-refractivity contribution is -0.115. The summed E-state index contributed by atoms with van der Waals surface area (Å²) in [5, 5.41) is 2.64. The largest absolute Gasteiger partial charge is 0.325 e. The molecule has 1 N–H and O–H groups in total. The van der Waals surface area contributed by atoms with Crippen LogP contribution in [0.25, 0.3) is 0 Å². The topological polar surface area (TPSA) is 46.2 Å². The second kappa shape index (κ2) is 2.96. The summed E-state index contributed by atoms with van der Waals surface area (Å²) >= 11 is 3.27. The van der Waals surface area contributed by atoms with Crippen LogP contribution in [0.4, 0.5) is 5.69 Å². The summed E-state index contributed by atoms with van der Waals surface area (Å²) in [7, 11) is 0. The van der Waals surface area contributed by atoms with Crippen molar-refractivity contribution in [2.24, 2.45) is 0 Å². The number of Topliss-reactive ketones (excluding diaryl/α,β-unsaturated/α-hetero) is 1. The monoisotopic (exact) mass is 239 g/mol. The number of amides is 1. The maximum atomic E-state index is 11.4. The van der Waals surface area contributed by atoms with Gasteiger partial charge in [0, 0.05) is 10.0 Å². The number of halogens is 1. The molecule has 13 heavy (non-hydrogen) atoms. The first kappa shape index (κ1) is 8.44. The quantitative estimate of drug-likeness (QED) is 0.704. The third kappa shape index (κ3) is 1.49. The number of carbonyl (C=O) groups is 2. The van der Waals surface area contributed by atoms with Crippen molar-refractivity contribution in [3.05, 3.63) is 28.2 Å². The minimum absolute atomic E-state index is 0.0521. The summed E-state index contributed by atoms with van der Waals surface area (Å²) in [6.07, 6.45) is -0.0521. The SMILES string of the molecule is O=C1CC(=O)c2cc(Br)ccc2N1. The predicted octanol–water partition coefficient (Wildman–Crippen LogP) is 1.97. The van der Waals surface area contributed by atoms with Crippen LogP contribution < -0.4 is 5.32 Å². The van der Waals surface area contributed by atoms with Crippen LogP contribution in [-0.4, -0.2) is 11.7 Å². The van der Waals surface area contributed by atoms with E-state index < -0.39 is 0 Å². The highest BCUT2D eigenvalue weighted by Gasteiger charge is 2.22. The summed E-state index contributed by atoms with van der Waals surface area (Å²) in [4.78, 5) is 22.3. The first-order valence-corrected chi connectivity index (χ1v) is 4.59. The van der Waals surface area contributed by atoms with Crippen molar-refractivity contribution in [1.82, 2.24) is 0 Å². The molecule has 4 heteroatoms. The van der Waals surface area contributed by atoms with Gasteiger partial charge in [-0.3, -0.25) is 9.59 Å². The van der Waals surface area contributed by atoms with E-state index in [1.807, 2.05) is 0 Å². The van der Waals surface area contributed by atoms with Crippen LogP contribution >= 0.6 is 15.9 Å². The molecule has 1 aromatic carbocycles. The molecule has 0 unspecified atom stereocenters. The normalized spacial score (nSPS) is 15.2.